The van der Waals surface area contributed by atoms with Gasteiger partial charge in [0.1, 0.15) is 17.8 Å². The van der Waals surface area contributed by atoms with Gasteiger partial charge in [0.25, 0.3) is 0 Å². The Bertz CT molecular complexity index is 1130. The number of carbonyl (C=O) groups excluding carboxylic acids is 1. The quantitative estimate of drug-likeness (QED) is 0.777. The van der Waals surface area contributed by atoms with E-state index >= 15 is 0 Å². The molecule has 5 rings (SSSR count). The highest BCUT2D eigenvalue weighted by atomic mass is 16.5. The van der Waals surface area contributed by atoms with Gasteiger partial charge in [-0.1, -0.05) is 60.7 Å². The molecule has 0 spiro atoms. The molecule has 32 heavy (non-hydrogen) atoms. The number of phenols is 1. The van der Waals surface area contributed by atoms with Crippen LogP contribution >= 0.6 is 0 Å². The second-order valence-corrected chi connectivity index (χ2v) is 8.37. The predicted octanol–water partition coefficient (Wildman–Crippen LogP) is 4.59. The largest absolute Gasteiger partial charge is 0.508 e. The van der Waals surface area contributed by atoms with Crippen LogP contribution in [0.25, 0.3) is 0 Å². The van der Waals surface area contributed by atoms with Crippen molar-refractivity contribution in [1.29, 1.82) is 0 Å². The second kappa shape index (κ2) is 8.89. The van der Waals surface area contributed by atoms with Gasteiger partial charge in [-0.15, -0.1) is 0 Å². The summed E-state index contributed by atoms with van der Waals surface area (Å²) in [6.45, 7) is 1.65. The number of nitrogens with zero attached hydrogens (tertiary/aromatic N) is 2. The number of phenolic OH excluding ortho intramolecular Hbond substituents is 1. The lowest BCUT2D eigenvalue weighted by molar-refractivity contribution is -0.128. The molecule has 0 bridgehead atoms. The number of hydrogen-bond acceptors (Lipinski definition) is 4. The maximum atomic E-state index is 13.0. The molecule has 1 N–H and O–H groups in total. The summed E-state index contributed by atoms with van der Waals surface area (Å²) < 4.78 is 5.77. The monoisotopic (exact) mass is 426 g/mol. The van der Waals surface area contributed by atoms with Crippen LogP contribution < -0.4 is 0 Å². The standard InChI is InChI=1S/C27H26N2O3/c30-25-11-5-8-21-12-13-28(17-24(21)25)19-27(31)29-14-15-32-26(18-29)23-10-4-9-22(16-23)20-6-2-1-3-7-20/h1-11,14-15,18,22,30H,12-13,16-17,19H2. The lowest BCUT2D eigenvalue weighted by Gasteiger charge is -2.30. The third kappa shape index (κ3) is 4.25. The molecule has 2 aromatic carbocycles. The topological polar surface area (TPSA) is 53.0 Å². The Morgan fingerprint density at radius 3 is 2.88 bits per heavy atom. The van der Waals surface area contributed by atoms with E-state index in [-0.39, 0.29) is 18.4 Å². The number of carbonyl (C=O) groups is 1. The zero-order valence-electron chi connectivity index (χ0n) is 17.9. The summed E-state index contributed by atoms with van der Waals surface area (Å²) in [5.41, 5.74) is 4.42. The van der Waals surface area contributed by atoms with Gasteiger partial charge in [-0.2, -0.15) is 0 Å². The van der Waals surface area contributed by atoms with E-state index in [9.17, 15) is 9.90 Å². The predicted molar refractivity (Wildman–Crippen MR) is 123 cm³/mol. The molecule has 162 valence electrons. The minimum absolute atomic E-state index is 0.0209. The molecule has 1 aliphatic carbocycles. The molecular formula is C27H26N2O3. The van der Waals surface area contributed by atoms with Crippen molar-refractivity contribution in [2.75, 3.05) is 13.1 Å². The first-order valence-corrected chi connectivity index (χ1v) is 11.0. The summed E-state index contributed by atoms with van der Waals surface area (Å²) in [4.78, 5) is 16.7. The Hall–Kier alpha value is -3.57. The Morgan fingerprint density at radius 2 is 2.00 bits per heavy atom. The van der Waals surface area contributed by atoms with Crippen LogP contribution in [0.1, 0.15) is 29.0 Å². The van der Waals surface area contributed by atoms with Crippen LogP contribution in [0.2, 0.25) is 0 Å². The number of rotatable bonds is 4. The van der Waals surface area contributed by atoms with E-state index in [0.717, 1.165) is 36.1 Å². The first-order chi connectivity index (χ1) is 15.7. The van der Waals surface area contributed by atoms with Crippen LogP contribution in [-0.2, 0) is 22.5 Å². The van der Waals surface area contributed by atoms with E-state index in [4.69, 9.17) is 4.74 Å². The zero-order valence-corrected chi connectivity index (χ0v) is 17.9. The lowest BCUT2D eigenvalue weighted by atomic mass is 9.87. The van der Waals surface area contributed by atoms with Crippen LogP contribution in [0.3, 0.4) is 0 Å². The maximum absolute atomic E-state index is 13.0. The number of aromatic hydroxyl groups is 1. The normalized spacial score (nSPS) is 20.2. The number of hydrogen-bond donors (Lipinski definition) is 1. The minimum Gasteiger partial charge on any atom is -0.508 e. The molecule has 5 nitrogen and oxygen atoms in total. The fourth-order valence-electron chi connectivity index (χ4n) is 4.50. The Morgan fingerprint density at radius 1 is 1.12 bits per heavy atom. The van der Waals surface area contributed by atoms with Crippen molar-refractivity contribution in [2.24, 2.45) is 0 Å². The number of benzene rings is 2. The molecule has 2 aliphatic heterocycles. The van der Waals surface area contributed by atoms with Gasteiger partial charge in [0.05, 0.1) is 12.7 Å². The molecule has 3 aliphatic rings. The zero-order chi connectivity index (χ0) is 21.9. The second-order valence-electron chi connectivity index (χ2n) is 8.37. The van der Waals surface area contributed by atoms with E-state index in [0.29, 0.717) is 18.1 Å². The molecule has 2 heterocycles. The minimum atomic E-state index is -0.0209. The highest BCUT2D eigenvalue weighted by molar-refractivity contribution is 5.80. The van der Waals surface area contributed by atoms with E-state index in [1.807, 2.05) is 18.2 Å². The lowest BCUT2D eigenvalue weighted by Crippen LogP contribution is -2.39. The van der Waals surface area contributed by atoms with Gasteiger partial charge in [-0.05, 0) is 35.6 Å². The Labute approximate surface area is 188 Å². The maximum Gasteiger partial charge on any atom is 0.244 e. The number of fused-ring (bicyclic) bond motifs is 1. The van der Waals surface area contributed by atoms with Crippen LogP contribution in [0.4, 0.5) is 0 Å². The average Bonchev–Trinajstić information content (AvgIpc) is 2.85. The van der Waals surface area contributed by atoms with Gasteiger partial charge in [0, 0.05) is 30.8 Å². The van der Waals surface area contributed by atoms with Crippen LogP contribution in [-0.4, -0.2) is 33.9 Å². The highest BCUT2D eigenvalue weighted by Crippen LogP contribution is 2.33. The number of ether oxygens (including phenoxy) is 1. The molecule has 0 saturated carbocycles. The fourth-order valence-corrected chi connectivity index (χ4v) is 4.50. The SMILES string of the molecule is O=C(CN1CCc2cccc(O)c2C1)N1C=COC(C2=CC=CC(c3ccccc3)C2)=C1. The van der Waals surface area contributed by atoms with Gasteiger partial charge in [-0.3, -0.25) is 14.6 Å². The van der Waals surface area contributed by atoms with Crippen molar-refractivity contribution in [2.45, 2.75) is 25.3 Å². The number of amides is 1. The molecular weight excluding hydrogens is 400 g/mol. The molecule has 0 fully saturated rings. The van der Waals surface area contributed by atoms with Crippen molar-refractivity contribution in [1.82, 2.24) is 9.80 Å². The van der Waals surface area contributed by atoms with Gasteiger partial charge in [0.2, 0.25) is 5.91 Å². The molecule has 0 aromatic heterocycles. The molecule has 5 heteroatoms. The summed E-state index contributed by atoms with van der Waals surface area (Å²) in [5, 5.41) is 10.2. The fraction of sp³-hybridized carbons (Fsp3) is 0.222. The number of allylic oxidation sites excluding steroid dienone is 4. The third-order valence-corrected chi connectivity index (χ3v) is 6.27. The van der Waals surface area contributed by atoms with Crippen molar-refractivity contribution >= 4 is 5.91 Å². The molecule has 1 amide bonds. The van der Waals surface area contributed by atoms with Gasteiger partial charge >= 0.3 is 0 Å². The van der Waals surface area contributed by atoms with E-state index in [1.165, 1.54) is 5.56 Å². The van der Waals surface area contributed by atoms with Gasteiger partial charge in [0.15, 0.2) is 0 Å². The smallest absolute Gasteiger partial charge is 0.244 e. The van der Waals surface area contributed by atoms with Crippen LogP contribution in [0.5, 0.6) is 5.75 Å². The Balaban J connectivity index is 1.26. The van der Waals surface area contributed by atoms with Crippen molar-refractivity contribution in [3.63, 3.8) is 0 Å². The molecule has 1 atom stereocenters. The van der Waals surface area contributed by atoms with Gasteiger partial charge in [-0.25, -0.2) is 0 Å². The van der Waals surface area contributed by atoms with Crippen molar-refractivity contribution in [3.8, 4) is 5.75 Å². The summed E-state index contributed by atoms with van der Waals surface area (Å²) in [7, 11) is 0. The molecule has 2 aromatic rings. The average molecular weight is 427 g/mol. The first kappa shape index (κ1) is 20.3. The summed E-state index contributed by atoms with van der Waals surface area (Å²) in [6.07, 6.45) is 13.0. The Kier molecular flexibility index (Phi) is 5.65. The van der Waals surface area contributed by atoms with Crippen molar-refractivity contribution < 1.29 is 14.6 Å². The third-order valence-electron chi connectivity index (χ3n) is 6.27. The van der Waals surface area contributed by atoms with Crippen molar-refractivity contribution in [3.05, 3.63) is 113 Å². The summed E-state index contributed by atoms with van der Waals surface area (Å²) in [6, 6.07) is 16.0. The van der Waals surface area contributed by atoms with Crippen LogP contribution in [0.15, 0.2) is 96.8 Å². The van der Waals surface area contributed by atoms with E-state index in [2.05, 4.69) is 47.4 Å². The molecule has 1 unspecified atom stereocenters. The van der Waals surface area contributed by atoms with Gasteiger partial charge < -0.3 is 9.84 Å². The summed E-state index contributed by atoms with van der Waals surface area (Å²) >= 11 is 0. The summed E-state index contributed by atoms with van der Waals surface area (Å²) in [5.74, 6) is 1.27. The molecule has 0 radical (unpaired) electrons. The van der Waals surface area contributed by atoms with Crippen LogP contribution in [0, 0.1) is 0 Å². The van der Waals surface area contributed by atoms with E-state index in [1.54, 1.807) is 29.6 Å². The first-order valence-electron chi connectivity index (χ1n) is 11.0. The highest BCUT2D eigenvalue weighted by Gasteiger charge is 2.24. The molecule has 0 saturated heterocycles. The van der Waals surface area contributed by atoms with E-state index < -0.39 is 0 Å².